The highest BCUT2D eigenvalue weighted by Crippen LogP contribution is 2.40. The van der Waals surface area contributed by atoms with E-state index in [0.29, 0.717) is 34.1 Å². The highest BCUT2D eigenvalue weighted by atomic mass is 32.1. The van der Waals surface area contributed by atoms with Gasteiger partial charge in [0.2, 0.25) is 0 Å². The topological polar surface area (TPSA) is 81.9 Å². The fourth-order valence-corrected chi connectivity index (χ4v) is 3.53. The van der Waals surface area contributed by atoms with Gasteiger partial charge in [-0.25, -0.2) is 4.79 Å². The van der Waals surface area contributed by atoms with Crippen molar-refractivity contribution in [2.45, 2.75) is 13.8 Å². The molecule has 24 heavy (non-hydrogen) atoms. The third kappa shape index (κ3) is 2.71. The zero-order valence-electron chi connectivity index (χ0n) is 13.5. The number of thiophene rings is 1. The van der Waals surface area contributed by atoms with Gasteiger partial charge in [0.15, 0.2) is 6.61 Å². The number of hydrogen-bond acceptors (Lipinski definition) is 6. The maximum Gasteiger partial charge on any atom is 0.341 e. The summed E-state index contributed by atoms with van der Waals surface area (Å²) in [6.45, 7) is 4.53. The Morgan fingerprint density at radius 3 is 2.92 bits per heavy atom. The minimum absolute atomic E-state index is 0.0413. The lowest BCUT2D eigenvalue weighted by molar-refractivity contribution is -0.121. The van der Waals surface area contributed by atoms with E-state index in [-0.39, 0.29) is 19.1 Å². The van der Waals surface area contributed by atoms with Gasteiger partial charge in [0.25, 0.3) is 5.91 Å². The van der Waals surface area contributed by atoms with Crippen LogP contribution in [0.25, 0.3) is 11.1 Å². The van der Waals surface area contributed by atoms with Gasteiger partial charge < -0.3 is 20.1 Å². The van der Waals surface area contributed by atoms with E-state index < -0.39 is 5.97 Å². The molecule has 2 aromatic rings. The lowest BCUT2D eigenvalue weighted by atomic mass is 10.0. The zero-order valence-corrected chi connectivity index (χ0v) is 14.3. The molecule has 0 unspecified atom stereocenters. The van der Waals surface area contributed by atoms with Gasteiger partial charge in [-0.15, -0.1) is 11.3 Å². The number of esters is 1. The maximum absolute atomic E-state index is 12.2. The number of carbonyl (C=O) groups excluding carboxylic acids is 2. The standard InChI is InChI=1S/C17H18N2O4S/c1-3-19-12-7-10(5-6-13(12)23-8-14(19)20)11-9-24-16(18)15(11)17(21)22-4-2/h5-7,9H,3-4,8,18H2,1-2H3. The van der Waals surface area contributed by atoms with Crippen molar-refractivity contribution >= 4 is 33.9 Å². The van der Waals surface area contributed by atoms with Crippen LogP contribution < -0.4 is 15.4 Å². The monoisotopic (exact) mass is 346 g/mol. The Morgan fingerprint density at radius 1 is 1.42 bits per heavy atom. The number of nitrogens with zero attached hydrogens (tertiary/aromatic N) is 1. The molecule has 2 N–H and O–H groups in total. The van der Waals surface area contributed by atoms with Crippen LogP contribution in [-0.2, 0) is 9.53 Å². The molecule has 0 saturated carbocycles. The number of hydrogen-bond donors (Lipinski definition) is 1. The molecular formula is C17H18N2O4S. The Morgan fingerprint density at radius 2 is 2.21 bits per heavy atom. The van der Waals surface area contributed by atoms with Crippen LogP contribution in [0.3, 0.4) is 0 Å². The number of rotatable bonds is 4. The van der Waals surface area contributed by atoms with E-state index >= 15 is 0 Å². The summed E-state index contributed by atoms with van der Waals surface area (Å²) in [5.41, 5.74) is 8.51. The number of nitrogen functional groups attached to an aromatic ring is 1. The van der Waals surface area contributed by atoms with E-state index in [1.807, 2.05) is 30.5 Å². The highest BCUT2D eigenvalue weighted by molar-refractivity contribution is 7.15. The molecule has 126 valence electrons. The normalized spacial score (nSPS) is 13.4. The molecule has 1 amide bonds. The predicted molar refractivity (Wildman–Crippen MR) is 93.6 cm³/mol. The molecule has 0 atom stereocenters. The van der Waals surface area contributed by atoms with E-state index in [0.717, 1.165) is 5.56 Å². The molecule has 0 bridgehead atoms. The van der Waals surface area contributed by atoms with Crippen LogP contribution in [0.4, 0.5) is 10.7 Å². The van der Waals surface area contributed by atoms with Gasteiger partial charge in [-0.1, -0.05) is 6.07 Å². The number of ether oxygens (including phenoxy) is 2. The Labute approximate surface area is 143 Å². The average molecular weight is 346 g/mol. The molecule has 1 aromatic carbocycles. The van der Waals surface area contributed by atoms with Crippen molar-refractivity contribution in [2.24, 2.45) is 0 Å². The van der Waals surface area contributed by atoms with E-state index in [9.17, 15) is 9.59 Å². The van der Waals surface area contributed by atoms with Crippen molar-refractivity contribution in [3.63, 3.8) is 0 Å². The van der Waals surface area contributed by atoms with Gasteiger partial charge in [0, 0.05) is 17.5 Å². The lowest BCUT2D eigenvalue weighted by Gasteiger charge is -2.28. The molecule has 7 heteroatoms. The molecule has 3 rings (SSSR count). The van der Waals surface area contributed by atoms with Crippen LogP contribution in [0.5, 0.6) is 5.75 Å². The van der Waals surface area contributed by atoms with Gasteiger partial charge >= 0.3 is 5.97 Å². The number of likely N-dealkylation sites (N-methyl/N-ethyl adjacent to an activating group) is 1. The molecule has 1 aliphatic rings. The smallest absolute Gasteiger partial charge is 0.341 e. The molecular weight excluding hydrogens is 328 g/mol. The summed E-state index contributed by atoms with van der Waals surface area (Å²) in [7, 11) is 0. The van der Waals surface area contributed by atoms with Gasteiger partial charge in [-0.05, 0) is 31.5 Å². The minimum atomic E-state index is -0.441. The molecule has 1 aliphatic heterocycles. The lowest BCUT2D eigenvalue weighted by Crippen LogP contribution is -2.38. The Kier molecular flexibility index (Phi) is 4.44. The number of benzene rings is 1. The van der Waals surface area contributed by atoms with Crippen LogP contribution in [0.1, 0.15) is 24.2 Å². The van der Waals surface area contributed by atoms with E-state index in [4.69, 9.17) is 15.2 Å². The van der Waals surface area contributed by atoms with Gasteiger partial charge in [0.1, 0.15) is 16.3 Å². The first-order valence-electron chi connectivity index (χ1n) is 7.68. The number of amides is 1. The Bertz CT molecular complexity index is 800. The van der Waals surface area contributed by atoms with Crippen molar-refractivity contribution in [1.82, 2.24) is 0 Å². The third-order valence-corrected chi connectivity index (χ3v) is 4.64. The summed E-state index contributed by atoms with van der Waals surface area (Å²) in [5.74, 6) is 0.127. The van der Waals surface area contributed by atoms with Gasteiger partial charge in [0.05, 0.1) is 12.3 Å². The number of fused-ring (bicyclic) bond motifs is 1. The van der Waals surface area contributed by atoms with Crippen molar-refractivity contribution < 1.29 is 19.1 Å². The van der Waals surface area contributed by atoms with Crippen LogP contribution in [0.15, 0.2) is 23.6 Å². The van der Waals surface area contributed by atoms with Gasteiger partial charge in [-0.3, -0.25) is 4.79 Å². The quantitative estimate of drug-likeness (QED) is 0.861. The largest absolute Gasteiger partial charge is 0.482 e. The van der Waals surface area contributed by atoms with Crippen molar-refractivity contribution in [2.75, 3.05) is 30.4 Å². The molecule has 0 aliphatic carbocycles. The van der Waals surface area contributed by atoms with Crippen molar-refractivity contribution in [3.05, 3.63) is 29.1 Å². The summed E-state index contributed by atoms with van der Waals surface area (Å²) < 4.78 is 10.6. The number of nitrogens with two attached hydrogens (primary N) is 1. The zero-order chi connectivity index (χ0) is 17.3. The second-order valence-electron chi connectivity index (χ2n) is 5.22. The molecule has 2 heterocycles. The van der Waals surface area contributed by atoms with E-state index in [1.165, 1.54) is 11.3 Å². The van der Waals surface area contributed by atoms with Crippen molar-refractivity contribution in [3.8, 4) is 16.9 Å². The molecule has 0 fully saturated rings. The van der Waals surface area contributed by atoms with Crippen molar-refractivity contribution in [1.29, 1.82) is 0 Å². The summed E-state index contributed by atoms with van der Waals surface area (Å²) in [6.07, 6.45) is 0. The molecule has 0 saturated heterocycles. The Balaban J connectivity index is 2.08. The molecule has 0 spiro atoms. The second-order valence-corrected chi connectivity index (χ2v) is 6.13. The van der Waals surface area contributed by atoms with Crippen LogP contribution in [0, 0.1) is 0 Å². The molecule has 1 aromatic heterocycles. The van der Waals surface area contributed by atoms with Crippen LogP contribution >= 0.6 is 11.3 Å². The SMILES string of the molecule is CCOC(=O)c1c(-c2ccc3c(c2)N(CC)C(=O)CO3)csc1N. The van der Waals surface area contributed by atoms with Gasteiger partial charge in [-0.2, -0.15) is 0 Å². The number of carbonyl (C=O) groups is 2. The maximum atomic E-state index is 12.2. The van der Waals surface area contributed by atoms with Crippen LogP contribution in [0.2, 0.25) is 0 Å². The third-order valence-electron chi connectivity index (χ3n) is 3.83. The highest BCUT2D eigenvalue weighted by Gasteiger charge is 2.26. The molecule has 6 nitrogen and oxygen atoms in total. The fourth-order valence-electron chi connectivity index (χ4n) is 2.72. The summed E-state index contributed by atoms with van der Waals surface area (Å²) >= 11 is 1.29. The average Bonchev–Trinajstić information content (AvgIpc) is 2.96. The van der Waals surface area contributed by atoms with E-state index in [1.54, 1.807) is 11.8 Å². The number of anilines is 2. The first kappa shape index (κ1) is 16.3. The van der Waals surface area contributed by atoms with E-state index in [2.05, 4.69) is 0 Å². The Hall–Kier alpha value is -2.54. The minimum Gasteiger partial charge on any atom is -0.482 e. The first-order valence-corrected chi connectivity index (χ1v) is 8.56. The fraction of sp³-hybridized carbons (Fsp3) is 0.294. The summed E-state index contributed by atoms with van der Waals surface area (Å²) in [4.78, 5) is 25.9. The summed E-state index contributed by atoms with van der Waals surface area (Å²) in [6, 6.07) is 5.51. The van der Waals surface area contributed by atoms with Crippen LogP contribution in [-0.4, -0.2) is 31.6 Å². The first-order chi connectivity index (χ1) is 11.6. The second kappa shape index (κ2) is 6.52. The molecule has 0 radical (unpaired) electrons. The predicted octanol–water partition coefficient (Wildman–Crippen LogP) is 2.92. The summed E-state index contributed by atoms with van der Waals surface area (Å²) in [5, 5.41) is 2.24.